The van der Waals surface area contributed by atoms with Gasteiger partial charge in [0.05, 0.1) is 17.9 Å². The molecule has 152 valence electrons. The molecule has 3 aromatic carbocycles. The van der Waals surface area contributed by atoms with Crippen LogP contribution in [0.3, 0.4) is 0 Å². The Morgan fingerprint density at radius 2 is 1.39 bits per heavy atom. The fourth-order valence-electron chi connectivity index (χ4n) is 2.86. The minimum absolute atomic E-state index is 0.156. The molecule has 1 aromatic heterocycles. The maximum Gasteiger partial charge on any atom is 0.276 e. The summed E-state index contributed by atoms with van der Waals surface area (Å²) in [4.78, 5) is 24.7. The van der Waals surface area contributed by atoms with E-state index in [0.717, 1.165) is 11.3 Å². The molecule has 0 saturated heterocycles. The number of azo groups is 1. The van der Waals surface area contributed by atoms with Crippen LogP contribution in [-0.2, 0) is 6.54 Å². The van der Waals surface area contributed by atoms with Gasteiger partial charge in [-0.05, 0) is 48.0 Å². The van der Waals surface area contributed by atoms with Crippen molar-refractivity contribution < 1.29 is 4.79 Å². The average molecular weight is 409 g/mol. The fraction of sp³-hybridized carbons (Fsp3) is 0.0417. The first-order valence-electron chi connectivity index (χ1n) is 9.68. The molecule has 0 radical (unpaired) electrons. The molecular weight excluding hydrogens is 390 g/mol. The third-order valence-electron chi connectivity index (χ3n) is 4.44. The number of carbonyl (C=O) groups is 1. The van der Waals surface area contributed by atoms with Crippen molar-refractivity contribution in [3.05, 3.63) is 119 Å². The van der Waals surface area contributed by atoms with Crippen molar-refractivity contribution in [3.63, 3.8) is 0 Å². The van der Waals surface area contributed by atoms with Gasteiger partial charge in [0.25, 0.3) is 11.5 Å². The lowest BCUT2D eigenvalue weighted by Crippen LogP contribution is -2.26. The van der Waals surface area contributed by atoms with Crippen molar-refractivity contribution in [2.75, 3.05) is 5.32 Å². The maximum absolute atomic E-state index is 12.6. The third kappa shape index (κ3) is 5.36. The van der Waals surface area contributed by atoms with Crippen LogP contribution in [0.1, 0.15) is 16.1 Å². The number of hydrogen-bond acceptors (Lipinski definition) is 5. The Morgan fingerprint density at radius 3 is 2.06 bits per heavy atom. The van der Waals surface area contributed by atoms with Crippen LogP contribution < -0.4 is 10.9 Å². The third-order valence-corrected chi connectivity index (χ3v) is 4.44. The molecule has 4 rings (SSSR count). The van der Waals surface area contributed by atoms with E-state index < -0.39 is 5.91 Å². The van der Waals surface area contributed by atoms with E-state index in [-0.39, 0.29) is 11.3 Å². The zero-order valence-electron chi connectivity index (χ0n) is 16.6. The Labute approximate surface area is 178 Å². The van der Waals surface area contributed by atoms with Crippen LogP contribution in [0.15, 0.2) is 112 Å². The van der Waals surface area contributed by atoms with Gasteiger partial charge >= 0.3 is 0 Å². The number of anilines is 1. The Morgan fingerprint density at radius 1 is 0.774 bits per heavy atom. The average Bonchev–Trinajstić information content (AvgIpc) is 2.81. The summed E-state index contributed by atoms with van der Waals surface area (Å²) in [6, 6.07) is 28.6. The van der Waals surface area contributed by atoms with Crippen molar-refractivity contribution in [3.8, 4) is 0 Å². The molecule has 0 saturated carbocycles. The first-order chi connectivity index (χ1) is 15.2. The van der Waals surface area contributed by atoms with Crippen LogP contribution in [0.5, 0.6) is 0 Å². The Hall–Kier alpha value is -4.39. The van der Waals surface area contributed by atoms with Crippen LogP contribution in [0.2, 0.25) is 0 Å². The van der Waals surface area contributed by atoms with E-state index >= 15 is 0 Å². The van der Waals surface area contributed by atoms with E-state index in [2.05, 4.69) is 20.6 Å². The number of hydrogen-bond donors (Lipinski definition) is 1. The number of aromatic nitrogens is 2. The Bertz CT molecular complexity index is 1250. The van der Waals surface area contributed by atoms with Crippen LogP contribution in [-0.4, -0.2) is 15.7 Å². The van der Waals surface area contributed by atoms with E-state index in [9.17, 15) is 9.59 Å². The van der Waals surface area contributed by atoms with E-state index in [1.54, 1.807) is 24.3 Å². The zero-order valence-corrected chi connectivity index (χ0v) is 16.6. The standard InChI is InChI=1S/C24H19N5O2/c30-23-16-15-22(28-29(23)17-18-7-3-1-4-8-18)24(31)25-19-11-13-21(14-12-19)27-26-20-9-5-2-6-10-20/h1-16H,17H2,(H,25,31). The Balaban J connectivity index is 1.44. The van der Waals surface area contributed by atoms with Crippen molar-refractivity contribution in [1.29, 1.82) is 0 Å². The normalized spacial score (nSPS) is 10.8. The van der Waals surface area contributed by atoms with Crippen molar-refractivity contribution in [2.24, 2.45) is 10.2 Å². The molecule has 31 heavy (non-hydrogen) atoms. The van der Waals surface area contributed by atoms with Crippen molar-refractivity contribution in [1.82, 2.24) is 9.78 Å². The van der Waals surface area contributed by atoms with Gasteiger partial charge in [0.15, 0.2) is 0 Å². The summed E-state index contributed by atoms with van der Waals surface area (Å²) in [5.74, 6) is -0.402. The SMILES string of the molecule is O=C(Nc1ccc(N=Nc2ccccc2)cc1)c1ccc(=O)n(Cc2ccccc2)n1. The summed E-state index contributed by atoms with van der Waals surface area (Å²) in [7, 11) is 0. The quantitative estimate of drug-likeness (QED) is 0.457. The van der Waals surface area contributed by atoms with Crippen molar-refractivity contribution in [2.45, 2.75) is 6.54 Å². The number of amides is 1. The van der Waals surface area contributed by atoms with E-state index in [1.807, 2.05) is 60.7 Å². The first kappa shape index (κ1) is 19.9. The monoisotopic (exact) mass is 409 g/mol. The number of benzene rings is 3. The van der Waals surface area contributed by atoms with E-state index in [1.165, 1.54) is 16.8 Å². The number of carbonyl (C=O) groups excluding carboxylic acids is 1. The molecule has 0 bridgehead atoms. The molecule has 0 atom stereocenters. The van der Waals surface area contributed by atoms with Gasteiger partial charge in [-0.3, -0.25) is 9.59 Å². The first-order valence-corrected chi connectivity index (χ1v) is 9.68. The highest BCUT2D eigenvalue weighted by Crippen LogP contribution is 2.20. The van der Waals surface area contributed by atoms with Gasteiger partial charge < -0.3 is 5.32 Å². The van der Waals surface area contributed by atoms with Gasteiger partial charge in [0.1, 0.15) is 5.69 Å². The van der Waals surface area contributed by atoms with Gasteiger partial charge in [0, 0.05) is 11.8 Å². The van der Waals surface area contributed by atoms with Crippen LogP contribution in [0, 0.1) is 0 Å². The molecule has 4 aromatic rings. The lowest BCUT2D eigenvalue weighted by molar-refractivity contribution is 0.102. The van der Waals surface area contributed by atoms with Gasteiger partial charge in [-0.15, -0.1) is 0 Å². The van der Waals surface area contributed by atoms with Crippen LogP contribution in [0.25, 0.3) is 0 Å². The molecule has 0 aliphatic carbocycles. The predicted octanol–water partition coefficient (Wildman–Crippen LogP) is 4.96. The second kappa shape index (κ2) is 9.41. The molecule has 0 fully saturated rings. The van der Waals surface area contributed by atoms with Gasteiger partial charge in [-0.25, -0.2) is 4.68 Å². The second-order valence-corrected chi connectivity index (χ2v) is 6.74. The minimum Gasteiger partial charge on any atom is -0.321 e. The number of rotatable bonds is 6. The van der Waals surface area contributed by atoms with Crippen molar-refractivity contribution >= 4 is 23.0 Å². The summed E-state index contributed by atoms with van der Waals surface area (Å²) in [5.41, 5.74) is 2.83. The molecule has 0 unspecified atom stereocenters. The summed E-state index contributed by atoms with van der Waals surface area (Å²) in [6.07, 6.45) is 0. The van der Waals surface area contributed by atoms with E-state index in [4.69, 9.17) is 0 Å². The van der Waals surface area contributed by atoms with Crippen LogP contribution >= 0.6 is 0 Å². The van der Waals surface area contributed by atoms with Gasteiger partial charge in [0.2, 0.25) is 0 Å². The molecule has 0 spiro atoms. The molecule has 1 heterocycles. The number of nitrogens with zero attached hydrogens (tertiary/aromatic N) is 4. The molecular formula is C24H19N5O2. The maximum atomic E-state index is 12.6. The van der Waals surface area contributed by atoms with Gasteiger partial charge in [-0.2, -0.15) is 15.3 Å². The molecule has 1 amide bonds. The van der Waals surface area contributed by atoms with Gasteiger partial charge in [-0.1, -0.05) is 48.5 Å². The zero-order chi connectivity index (χ0) is 21.5. The highest BCUT2D eigenvalue weighted by atomic mass is 16.2. The fourth-order valence-corrected chi connectivity index (χ4v) is 2.86. The summed E-state index contributed by atoms with van der Waals surface area (Å²) < 4.78 is 1.28. The lowest BCUT2D eigenvalue weighted by Gasteiger charge is -2.08. The Kier molecular flexibility index (Phi) is 6.04. The summed E-state index contributed by atoms with van der Waals surface area (Å²) >= 11 is 0. The smallest absolute Gasteiger partial charge is 0.276 e. The molecule has 7 heteroatoms. The predicted molar refractivity (Wildman–Crippen MR) is 119 cm³/mol. The highest BCUT2D eigenvalue weighted by molar-refractivity contribution is 6.02. The topological polar surface area (TPSA) is 88.7 Å². The van der Waals surface area contributed by atoms with E-state index in [0.29, 0.717) is 17.9 Å². The molecule has 0 aliphatic heterocycles. The summed E-state index contributed by atoms with van der Waals surface area (Å²) in [6.45, 7) is 0.294. The molecule has 1 N–H and O–H groups in total. The molecule has 0 aliphatic rings. The highest BCUT2D eigenvalue weighted by Gasteiger charge is 2.10. The second-order valence-electron chi connectivity index (χ2n) is 6.74. The summed E-state index contributed by atoms with van der Waals surface area (Å²) in [5, 5.41) is 15.3. The molecule has 7 nitrogen and oxygen atoms in total. The largest absolute Gasteiger partial charge is 0.321 e. The van der Waals surface area contributed by atoms with Crippen LogP contribution in [0.4, 0.5) is 17.1 Å². The number of nitrogens with one attached hydrogen (secondary N) is 1. The minimum atomic E-state index is -0.402. The lowest BCUT2D eigenvalue weighted by atomic mass is 10.2.